The van der Waals surface area contributed by atoms with E-state index < -0.39 is 0 Å². The van der Waals surface area contributed by atoms with Gasteiger partial charge in [-0.15, -0.1) is 29.8 Å². The minimum absolute atomic E-state index is 0. The summed E-state index contributed by atoms with van der Waals surface area (Å²) in [4.78, 5) is 0. The van der Waals surface area contributed by atoms with E-state index in [1.165, 1.54) is 0 Å². The van der Waals surface area contributed by atoms with Gasteiger partial charge in [0.25, 0.3) is 0 Å². The second-order valence-electron chi connectivity index (χ2n) is 1.62. The second-order valence-corrected chi connectivity index (χ2v) is 2.54. The van der Waals surface area contributed by atoms with Crippen LogP contribution in [0.25, 0.3) is 0 Å². The van der Waals surface area contributed by atoms with Gasteiger partial charge in [0.2, 0.25) is 0 Å². The van der Waals surface area contributed by atoms with E-state index >= 15 is 0 Å². The van der Waals surface area contributed by atoms with Crippen LogP contribution in [0.2, 0.25) is 0 Å². The molecule has 3 heteroatoms. The fraction of sp³-hybridized carbons (Fsp3) is 0.667. The zero-order valence-corrected chi connectivity index (χ0v) is 8.12. The van der Waals surface area contributed by atoms with E-state index in [0.29, 0.717) is 5.88 Å². The van der Waals surface area contributed by atoms with Gasteiger partial charge in [0.1, 0.15) is 0 Å². The van der Waals surface area contributed by atoms with Crippen LogP contribution < -0.4 is 0 Å². The predicted octanol–water partition coefficient (Wildman–Crippen LogP) is 2.80. The van der Waals surface area contributed by atoms with Crippen molar-refractivity contribution in [2.75, 3.05) is 5.88 Å². The maximum atomic E-state index is 5.66. The van der Waals surface area contributed by atoms with E-state index in [1.54, 1.807) is 0 Å². The number of rotatable bonds is 4. The van der Waals surface area contributed by atoms with Crippen LogP contribution in [0.5, 0.6) is 0 Å². The van der Waals surface area contributed by atoms with Crippen LogP contribution in [0, 0.1) is 0 Å². The van der Waals surface area contributed by atoms with Crippen molar-refractivity contribution in [2.45, 2.75) is 18.2 Å². The van der Waals surface area contributed by atoms with E-state index in [9.17, 15) is 0 Å². The van der Waals surface area contributed by atoms with Crippen LogP contribution in [0.1, 0.15) is 12.8 Å². The molecule has 0 radical (unpaired) electrons. The molecule has 1 unspecified atom stereocenters. The van der Waals surface area contributed by atoms with Gasteiger partial charge in [-0.05, 0) is 12.8 Å². The van der Waals surface area contributed by atoms with Crippen molar-refractivity contribution in [2.24, 2.45) is 0 Å². The molecule has 0 fully saturated rings. The van der Waals surface area contributed by atoms with Crippen molar-refractivity contribution in [1.82, 2.24) is 0 Å². The molecule has 0 amide bonds. The van der Waals surface area contributed by atoms with Crippen LogP contribution in [0.3, 0.4) is 0 Å². The summed E-state index contributed by atoms with van der Waals surface area (Å²) >= 11 is 11.1. The third-order valence-corrected chi connectivity index (χ3v) is 1.75. The molecule has 0 aromatic carbocycles. The molecule has 0 aliphatic heterocycles. The van der Waals surface area contributed by atoms with Crippen molar-refractivity contribution in [3.63, 3.8) is 0 Å². The van der Waals surface area contributed by atoms with Crippen LogP contribution >= 0.6 is 23.2 Å². The molecular formula is C6H10Cl2Pd. The second kappa shape index (κ2) is 8.98. The van der Waals surface area contributed by atoms with Crippen molar-refractivity contribution in [1.29, 1.82) is 0 Å². The summed E-state index contributed by atoms with van der Waals surface area (Å²) in [5, 5.41) is 0.120. The van der Waals surface area contributed by atoms with Gasteiger partial charge in [-0.3, -0.25) is 0 Å². The zero-order chi connectivity index (χ0) is 6.41. The fourth-order valence-corrected chi connectivity index (χ4v) is 0.656. The Labute approximate surface area is 80.3 Å². The Morgan fingerprint density at radius 2 is 2.11 bits per heavy atom. The zero-order valence-electron chi connectivity index (χ0n) is 5.06. The van der Waals surface area contributed by atoms with Crippen LogP contribution in [-0.2, 0) is 20.4 Å². The molecule has 1 atom stereocenters. The summed E-state index contributed by atoms with van der Waals surface area (Å²) in [7, 11) is 0. The summed E-state index contributed by atoms with van der Waals surface area (Å²) in [5.41, 5.74) is 0. The molecule has 58 valence electrons. The van der Waals surface area contributed by atoms with E-state index in [0.717, 1.165) is 12.8 Å². The topological polar surface area (TPSA) is 0 Å². The quantitative estimate of drug-likeness (QED) is 0.414. The van der Waals surface area contributed by atoms with Gasteiger partial charge < -0.3 is 0 Å². The summed E-state index contributed by atoms with van der Waals surface area (Å²) < 4.78 is 0. The average molecular weight is 259 g/mol. The monoisotopic (exact) mass is 258 g/mol. The molecule has 0 N–H and O–H groups in total. The Kier molecular flexibility index (Phi) is 12.6. The third kappa shape index (κ3) is 8.98. The van der Waals surface area contributed by atoms with E-state index in [4.69, 9.17) is 23.2 Å². The van der Waals surface area contributed by atoms with Crippen molar-refractivity contribution < 1.29 is 20.4 Å². The van der Waals surface area contributed by atoms with E-state index in [2.05, 4.69) is 6.58 Å². The molecule has 0 aliphatic rings. The van der Waals surface area contributed by atoms with Crippen molar-refractivity contribution in [3.05, 3.63) is 12.7 Å². The minimum atomic E-state index is 0. The Bertz CT molecular complexity index is 66.1. The molecule has 9 heavy (non-hydrogen) atoms. The van der Waals surface area contributed by atoms with E-state index in [-0.39, 0.29) is 25.8 Å². The Balaban J connectivity index is 0. The molecule has 0 rings (SSSR count). The largest absolute Gasteiger partial charge is 0.125 e. The molecule has 0 bridgehead atoms. The van der Waals surface area contributed by atoms with Crippen LogP contribution in [-0.4, -0.2) is 11.3 Å². The van der Waals surface area contributed by atoms with Gasteiger partial charge in [0.15, 0.2) is 0 Å². The van der Waals surface area contributed by atoms with Crippen LogP contribution in [0.15, 0.2) is 12.7 Å². The van der Waals surface area contributed by atoms with Gasteiger partial charge >= 0.3 is 0 Å². The van der Waals surface area contributed by atoms with E-state index in [1.807, 2.05) is 6.08 Å². The van der Waals surface area contributed by atoms with Crippen LogP contribution in [0.4, 0.5) is 0 Å². The van der Waals surface area contributed by atoms with Crippen molar-refractivity contribution >= 4 is 23.2 Å². The summed E-state index contributed by atoms with van der Waals surface area (Å²) in [6.07, 6.45) is 3.75. The summed E-state index contributed by atoms with van der Waals surface area (Å²) in [6.45, 7) is 3.57. The molecule has 0 aliphatic carbocycles. The maximum absolute atomic E-state index is 5.66. The molecule has 0 spiro atoms. The first-order valence-electron chi connectivity index (χ1n) is 2.62. The Hall–Kier alpha value is 0.982. The molecule has 0 saturated heterocycles. The number of alkyl halides is 2. The standard InChI is InChI=1S/C6H10Cl2.Pd/c1-2-3-4-6(8)5-7;/h2,6H,1,3-5H2;. The molecule has 0 heterocycles. The van der Waals surface area contributed by atoms with Crippen molar-refractivity contribution in [3.8, 4) is 0 Å². The molecule has 0 aromatic rings. The van der Waals surface area contributed by atoms with Gasteiger partial charge in [0, 0.05) is 31.7 Å². The first-order valence-corrected chi connectivity index (χ1v) is 3.59. The number of hydrogen-bond acceptors (Lipinski definition) is 0. The van der Waals surface area contributed by atoms with Gasteiger partial charge in [-0.25, -0.2) is 0 Å². The van der Waals surface area contributed by atoms with Gasteiger partial charge in [-0.1, -0.05) is 6.08 Å². The fourth-order valence-electron chi connectivity index (χ4n) is 0.376. The molecule has 0 aromatic heterocycles. The number of halogens is 2. The van der Waals surface area contributed by atoms with Gasteiger partial charge in [0.05, 0.1) is 0 Å². The molecule has 0 nitrogen and oxygen atoms in total. The molecule has 0 saturated carbocycles. The summed E-state index contributed by atoms with van der Waals surface area (Å²) in [5.74, 6) is 0.537. The SMILES string of the molecule is C=CCCC(Cl)CCl.[Pd]. The first-order chi connectivity index (χ1) is 3.81. The normalized spacial score (nSPS) is 11.8. The maximum Gasteiger partial charge on any atom is 0.0474 e. The minimum Gasteiger partial charge on any atom is -0.125 e. The van der Waals surface area contributed by atoms with Gasteiger partial charge in [-0.2, -0.15) is 0 Å². The number of allylic oxidation sites excluding steroid dienone is 1. The number of hydrogen-bond donors (Lipinski definition) is 0. The molecular weight excluding hydrogens is 249 g/mol. The third-order valence-electron chi connectivity index (χ3n) is 0.851. The Morgan fingerprint density at radius 1 is 1.56 bits per heavy atom. The Morgan fingerprint density at radius 3 is 2.44 bits per heavy atom. The average Bonchev–Trinajstić information content (AvgIpc) is 1.83. The predicted molar refractivity (Wildman–Crippen MR) is 39.8 cm³/mol. The first kappa shape index (κ1) is 12.6. The summed E-state index contributed by atoms with van der Waals surface area (Å²) in [6, 6.07) is 0. The smallest absolute Gasteiger partial charge is 0.0474 e.